The van der Waals surface area contributed by atoms with Crippen LogP contribution in [0.1, 0.15) is 23.4 Å². The minimum atomic E-state index is 0.579. The zero-order valence-corrected chi connectivity index (χ0v) is 14.9. The largest absolute Gasteiger partial charge is 0.314 e. The molecule has 0 radical (unpaired) electrons. The zero-order valence-electron chi connectivity index (χ0n) is 14.1. The Hall–Kier alpha value is -0.460. The van der Waals surface area contributed by atoms with E-state index in [0.29, 0.717) is 6.04 Å². The van der Waals surface area contributed by atoms with Crippen molar-refractivity contribution in [3.05, 3.63) is 21.9 Å². The van der Waals surface area contributed by atoms with Gasteiger partial charge in [-0.2, -0.15) is 0 Å². The van der Waals surface area contributed by atoms with Crippen molar-refractivity contribution in [2.75, 3.05) is 65.4 Å². The molecule has 2 aliphatic rings. The summed E-state index contributed by atoms with van der Waals surface area (Å²) in [5.74, 6) is 0. The van der Waals surface area contributed by atoms with Crippen LogP contribution in [0.4, 0.5) is 0 Å². The van der Waals surface area contributed by atoms with Crippen LogP contribution in [-0.4, -0.2) is 80.1 Å². The van der Waals surface area contributed by atoms with Crippen molar-refractivity contribution in [3.8, 4) is 0 Å². The maximum Gasteiger partial charge on any atom is 0.0572 e. The maximum absolute atomic E-state index is 3.49. The summed E-state index contributed by atoms with van der Waals surface area (Å²) in [7, 11) is 0. The smallest absolute Gasteiger partial charge is 0.0572 e. The van der Waals surface area contributed by atoms with Crippen LogP contribution in [0.2, 0.25) is 0 Å². The van der Waals surface area contributed by atoms with Crippen molar-refractivity contribution in [2.45, 2.75) is 19.9 Å². The average molecular weight is 323 g/mol. The molecule has 22 heavy (non-hydrogen) atoms. The lowest BCUT2D eigenvalue weighted by Crippen LogP contribution is -2.51. The van der Waals surface area contributed by atoms with Crippen LogP contribution < -0.4 is 5.32 Å². The number of piperazine rings is 2. The molecule has 4 nitrogen and oxygen atoms in total. The number of hydrogen-bond donors (Lipinski definition) is 1. The minimum Gasteiger partial charge on any atom is -0.314 e. The average Bonchev–Trinajstić information content (AvgIpc) is 3.00. The standard InChI is InChI=1S/C17H30N4S/c1-3-19-9-11-20(12-10-19)14-16(17-15(2)4-13-22-17)21-7-5-18-6-8-21/h4,13,16,18H,3,5-12,14H2,1-2H3. The van der Waals surface area contributed by atoms with Crippen LogP contribution in [0.5, 0.6) is 0 Å². The molecule has 3 heterocycles. The van der Waals surface area contributed by atoms with Crippen LogP contribution in [0.25, 0.3) is 0 Å². The number of aryl methyl sites for hydroxylation is 1. The number of nitrogens with zero attached hydrogens (tertiary/aromatic N) is 3. The summed E-state index contributed by atoms with van der Waals surface area (Å²) in [6, 6.07) is 2.86. The van der Waals surface area contributed by atoms with Crippen LogP contribution in [-0.2, 0) is 0 Å². The molecule has 1 atom stereocenters. The van der Waals surface area contributed by atoms with Gasteiger partial charge in [0.1, 0.15) is 0 Å². The molecule has 124 valence electrons. The number of nitrogens with one attached hydrogen (secondary N) is 1. The van der Waals surface area contributed by atoms with Crippen molar-refractivity contribution in [2.24, 2.45) is 0 Å². The second-order valence-corrected chi connectivity index (χ2v) is 7.45. The zero-order chi connectivity index (χ0) is 15.4. The number of rotatable bonds is 5. The fraction of sp³-hybridized carbons (Fsp3) is 0.765. The number of thiophene rings is 1. The van der Waals surface area contributed by atoms with Crippen LogP contribution >= 0.6 is 11.3 Å². The molecule has 1 aromatic rings. The highest BCUT2D eigenvalue weighted by molar-refractivity contribution is 7.10. The van der Waals surface area contributed by atoms with Crippen LogP contribution in [0.15, 0.2) is 11.4 Å². The first-order chi connectivity index (χ1) is 10.8. The molecule has 2 fully saturated rings. The third kappa shape index (κ3) is 3.89. The topological polar surface area (TPSA) is 21.8 Å². The Balaban J connectivity index is 1.67. The molecule has 0 amide bonds. The number of hydrogen-bond acceptors (Lipinski definition) is 5. The molecule has 1 N–H and O–H groups in total. The maximum atomic E-state index is 3.49. The molecule has 0 aliphatic carbocycles. The van der Waals surface area contributed by atoms with E-state index in [0.717, 1.165) is 13.1 Å². The lowest BCUT2D eigenvalue weighted by molar-refractivity contribution is 0.0867. The summed E-state index contributed by atoms with van der Waals surface area (Å²) < 4.78 is 0. The van der Waals surface area contributed by atoms with E-state index in [-0.39, 0.29) is 0 Å². The second kappa shape index (κ2) is 7.88. The predicted octanol–water partition coefficient (Wildman–Crippen LogP) is 1.64. The molecule has 2 saturated heterocycles. The Kier molecular flexibility index (Phi) is 5.88. The molecular weight excluding hydrogens is 292 g/mol. The van der Waals surface area contributed by atoms with Gasteiger partial charge in [-0.15, -0.1) is 11.3 Å². The van der Waals surface area contributed by atoms with Crippen LogP contribution in [0, 0.1) is 6.92 Å². The fourth-order valence-corrected chi connectivity index (χ4v) is 4.67. The predicted molar refractivity (Wildman–Crippen MR) is 94.8 cm³/mol. The van der Waals surface area contributed by atoms with E-state index in [1.807, 2.05) is 11.3 Å². The van der Waals surface area contributed by atoms with E-state index in [1.54, 1.807) is 4.88 Å². The summed E-state index contributed by atoms with van der Waals surface area (Å²) in [5.41, 5.74) is 1.47. The van der Waals surface area contributed by atoms with E-state index in [2.05, 4.69) is 45.3 Å². The fourth-order valence-electron chi connectivity index (χ4n) is 3.62. The third-order valence-corrected chi connectivity index (χ3v) is 6.26. The van der Waals surface area contributed by atoms with Crippen molar-refractivity contribution >= 4 is 11.3 Å². The van der Waals surface area contributed by atoms with E-state index < -0.39 is 0 Å². The van der Waals surface area contributed by atoms with Crippen LogP contribution in [0.3, 0.4) is 0 Å². The lowest BCUT2D eigenvalue weighted by Gasteiger charge is -2.40. The summed E-state index contributed by atoms with van der Waals surface area (Å²) >= 11 is 1.95. The quantitative estimate of drug-likeness (QED) is 0.889. The highest BCUT2D eigenvalue weighted by Gasteiger charge is 2.27. The first-order valence-electron chi connectivity index (χ1n) is 8.71. The van der Waals surface area contributed by atoms with Gasteiger partial charge in [0.05, 0.1) is 6.04 Å². The van der Waals surface area contributed by atoms with Crippen molar-refractivity contribution in [1.82, 2.24) is 20.0 Å². The summed E-state index contributed by atoms with van der Waals surface area (Å²) in [4.78, 5) is 9.52. The third-order valence-electron chi connectivity index (χ3n) is 5.14. The number of likely N-dealkylation sites (N-methyl/N-ethyl adjacent to an activating group) is 1. The van der Waals surface area contributed by atoms with E-state index >= 15 is 0 Å². The summed E-state index contributed by atoms with van der Waals surface area (Å²) in [6.07, 6.45) is 0. The van der Waals surface area contributed by atoms with Gasteiger partial charge in [0, 0.05) is 63.8 Å². The Bertz CT molecular complexity index is 447. The molecule has 3 rings (SSSR count). The molecule has 0 bridgehead atoms. The SMILES string of the molecule is CCN1CCN(CC(c2sccc2C)N2CCNCC2)CC1. The molecule has 0 saturated carbocycles. The van der Waals surface area contributed by atoms with Crippen molar-refractivity contribution < 1.29 is 0 Å². The molecule has 1 unspecified atom stereocenters. The Morgan fingerprint density at radius 2 is 1.77 bits per heavy atom. The van der Waals surface area contributed by atoms with Gasteiger partial charge in [0.15, 0.2) is 0 Å². The summed E-state index contributed by atoms with van der Waals surface area (Å²) in [6.45, 7) is 16.5. The highest BCUT2D eigenvalue weighted by atomic mass is 32.1. The highest BCUT2D eigenvalue weighted by Crippen LogP contribution is 2.30. The van der Waals surface area contributed by atoms with Gasteiger partial charge in [0.2, 0.25) is 0 Å². The molecule has 2 aliphatic heterocycles. The van der Waals surface area contributed by atoms with Gasteiger partial charge in [-0.25, -0.2) is 0 Å². The minimum absolute atomic E-state index is 0.579. The van der Waals surface area contributed by atoms with Gasteiger partial charge in [-0.3, -0.25) is 9.80 Å². The lowest BCUT2D eigenvalue weighted by atomic mass is 10.1. The molecule has 5 heteroatoms. The Morgan fingerprint density at radius 1 is 1.09 bits per heavy atom. The van der Waals surface area contributed by atoms with Crippen molar-refractivity contribution in [1.29, 1.82) is 0 Å². The normalized spacial score (nSPS) is 23.7. The van der Waals surface area contributed by atoms with Gasteiger partial charge in [-0.05, 0) is 30.5 Å². The van der Waals surface area contributed by atoms with Gasteiger partial charge >= 0.3 is 0 Å². The Labute approximate surface area is 139 Å². The summed E-state index contributed by atoms with van der Waals surface area (Å²) in [5, 5.41) is 5.75. The molecule has 1 aromatic heterocycles. The molecule has 0 spiro atoms. The van der Waals surface area contributed by atoms with E-state index in [4.69, 9.17) is 0 Å². The van der Waals surface area contributed by atoms with E-state index in [1.165, 1.54) is 57.9 Å². The first-order valence-corrected chi connectivity index (χ1v) is 9.59. The Morgan fingerprint density at radius 3 is 2.36 bits per heavy atom. The molecule has 0 aromatic carbocycles. The second-order valence-electron chi connectivity index (χ2n) is 6.50. The monoisotopic (exact) mass is 322 g/mol. The van der Waals surface area contributed by atoms with Crippen molar-refractivity contribution in [3.63, 3.8) is 0 Å². The molecular formula is C17H30N4S. The van der Waals surface area contributed by atoms with Gasteiger partial charge < -0.3 is 10.2 Å². The van der Waals surface area contributed by atoms with Gasteiger partial charge in [-0.1, -0.05) is 6.92 Å². The van der Waals surface area contributed by atoms with Gasteiger partial charge in [0.25, 0.3) is 0 Å². The first kappa shape index (κ1) is 16.4. The van der Waals surface area contributed by atoms with E-state index in [9.17, 15) is 0 Å².